The van der Waals surface area contributed by atoms with Gasteiger partial charge >= 0.3 is 0 Å². The summed E-state index contributed by atoms with van der Waals surface area (Å²) >= 11 is 9.67. The van der Waals surface area contributed by atoms with E-state index >= 15 is 0 Å². The first-order valence-corrected chi connectivity index (χ1v) is 178. The molecule has 1 amide bonds. The van der Waals surface area contributed by atoms with E-state index in [4.69, 9.17) is 22.4 Å². The third kappa shape index (κ3) is 135. The molecule has 1 rings (SSSR count). The van der Waals surface area contributed by atoms with Crippen molar-refractivity contribution in [3.05, 3.63) is 23.5 Å². The van der Waals surface area contributed by atoms with E-state index in [-0.39, 0.29) is 11.3 Å². The highest BCUT2D eigenvalue weighted by Crippen LogP contribution is 2.29. The molecular weight excluding hydrogens is 3920 g/mol. The van der Waals surface area contributed by atoms with Crippen LogP contribution in [0.15, 0.2) is 12.3 Å². The van der Waals surface area contributed by atoms with E-state index in [1.54, 1.807) is 119 Å². The lowest BCUT2D eigenvalue weighted by Gasteiger charge is -2.22. The summed E-state index contributed by atoms with van der Waals surface area (Å²) in [5.74, 6) is -0.207. The zero-order valence-corrected chi connectivity index (χ0v) is 152. The van der Waals surface area contributed by atoms with E-state index in [2.05, 4.69) is 10.3 Å². The van der Waals surface area contributed by atoms with E-state index in [1.165, 1.54) is 24.7 Å². The SMILES string of the molecule is CC(=O)Nc1c(C=O)ccnc1C(C)(C)C.S=S=S=S=S=S=S=S=S=S=S=S=S=S=S=S=S=S=S=S=S=S=S=S=S=S=S=S=S=S=S=S=S=S=S=S=S=S=S=S=S=S=S=S=S=S=S=S=S=S=S=S=S=S=S=S=S=S=S=S=S=S=S=S=S=S=S=S=S=S=S=S=S=S=S=S=S=S=S=S=S=S=S=S=S=S=S=S=S=S=S=S=S=S=S=S=S=S=S=S=S=S=S=S=S=S=S=S=S=S=S=S=S=S=S=S. The van der Waals surface area contributed by atoms with Crippen molar-refractivity contribution in [3.8, 4) is 0 Å². The fraction of sp³-hybridized carbons (Fsp3) is 0.417. The molecule has 132 heavy (non-hydrogen) atoms. The van der Waals surface area contributed by atoms with E-state index < -0.39 is 0 Å². The van der Waals surface area contributed by atoms with Gasteiger partial charge in [0.25, 0.3) is 0 Å². The van der Waals surface area contributed by atoms with Crippen molar-refractivity contribution in [2.75, 3.05) is 5.32 Å². The summed E-state index contributed by atoms with van der Waals surface area (Å²) in [5.41, 5.74) is 1.46. The number of hydrogen-bond acceptors (Lipinski definition) is 5. The van der Waals surface area contributed by atoms with Crippen molar-refractivity contribution < 1.29 is 9.59 Å². The molecule has 1 aromatic heterocycles. The van der Waals surface area contributed by atoms with Crippen LogP contribution in [0.1, 0.15) is 43.7 Å². The molecule has 0 spiro atoms. The Bertz CT molecular complexity index is 9650. The van der Waals surface area contributed by atoms with Crippen molar-refractivity contribution in [2.45, 2.75) is 33.1 Å². The first-order valence-electron chi connectivity index (χ1n) is 24.2. The van der Waals surface area contributed by atoms with Gasteiger partial charge in [0.15, 0.2) is 6.29 Å². The number of carbonyl (C=O) groups excluding carboxylic acids is 2. The molecule has 0 aliphatic heterocycles. The van der Waals surface area contributed by atoms with Crippen LogP contribution < -0.4 is 5.32 Å². The van der Waals surface area contributed by atoms with E-state index in [1.807, 2.05) is 909 Å². The second-order valence-corrected chi connectivity index (χ2v) is 214. The van der Waals surface area contributed by atoms with Crippen LogP contribution in [-0.2, 0) is 1040 Å². The number of rotatable bonds is 2. The highest BCUT2D eigenvalue weighted by atomic mass is 33.6. The molecule has 0 fully saturated rings. The van der Waals surface area contributed by atoms with Crippen LogP contribution in [0, 0.1) is 0 Å². The smallest absolute Gasteiger partial charge is 0.221 e. The van der Waals surface area contributed by atoms with Crippen molar-refractivity contribution in [1.29, 1.82) is 0 Å². The minimum atomic E-state index is -0.225. The lowest BCUT2D eigenvalue weighted by molar-refractivity contribution is -0.114. The Morgan fingerprint density at radius 2 is 0.311 bits per heavy atom. The molecule has 0 aliphatic rings. The quantitative estimate of drug-likeness (QED) is 0.460. The average molecular weight is 3940 g/mol. The molecule has 0 aromatic carbocycles. The van der Waals surface area contributed by atoms with Crippen LogP contribution in [0.2, 0.25) is 0 Å². The van der Waals surface area contributed by atoms with Crippen molar-refractivity contribution >= 4 is 1050 Å². The zero-order valence-electron chi connectivity index (χ0n) is 57.4. The van der Waals surface area contributed by atoms with Crippen LogP contribution in [-0.4, -0.2) is 17.2 Å². The number of nitrogens with one attached hydrogen (secondary N) is 1. The molecule has 0 unspecified atom stereocenters. The summed E-state index contributed by atoms with van der Waals surface area (Å²) in [6.07, 6.45) is 2.30. The van der Waals surface area contributed by atoms with Crippen molar-refractivity contribution in [3.63, 3.8) is 0 Å². The first-order chi connectivity index (χ1) is 65.3. The summed E-state index contributed by atoms with van der Waals surface area (Å²) in [4.78, 5) is 26.3. The zero-order chi connectivity index (χ0) is 95.0. The normalized spacial score (nSPS) is 8.27. The van der Waals surface area contributed by atoms with E-state index in [9.17, 15) is 9.59 Å². The minimum absolute atomic E-state index is 0.207. The minimum Gasteiger partial charge on any atom is -0.324 e. The number of anilines is 1. The topological polar surface area (TPSA) is 59.1 Å². The molecular formula is C12H16N2O2S116. The molecule has 0 atom stereocenters. The van der Waals surface area contributed by atoms with Gasteiger partial charge in [-0.2, -0.15) is 0 Å². The van der Waals surface area contributed by atoms with Gasteiger partial charge in [0.05, 0.1) is 11.4 Å². The van der Waals surface area contributed by atoms with Gasteiger partial charge in [-0.05, 0) is 6.07 Å². The third-order valence-corrected chi connectivity index (χ3v) is 256. The van der Waals surface area contributed by atoms with Gasteiger partial charge in [0, 0.05) is 1060 Å². The van der Waals surface area contributed by atoms with Crippen LogP contribution in [0.4, 0.5) is 5.69 Å². The van der Waals surface area contributed by atoms with Gasteiger partial charge in [-0.25, -0.2) is 0 Å². The Hall–Kier alpha value is 23.8. The Balaban J connectivity index is 0.00000960. The summed E-state index contributed by atoms with van der Waals surface area (Å²) in [5, 5.41) is 2.67. The number of hydrogen-bond donors (Lipinski definition) is 1. The lowest BCUT2D eigenvalue weighted by atomic mass is 9.89. The van der Waals surface area contributed by atoms with Gasteiger partial charge in [-0.1, -0.05) is 20.8 Å². The molecule has 0 bridgehead atoms. The Kier molecular flexibility index (Phi) is 167. The summed E-state index contributed by atoms with van der Waals surface area (Å²) < 4.78 is 0. The van der Waals surface area contributed by atoms with Gasteiger partial charge < -0.3 is 5.32 Å². The summed E-state index contributed by atoms with van der Waals surface area (Å²) in [7, 11) is 207. The monoisotopic (exact) mass is 3930 g/mol. The second kappa shape index (κ2) is 142. The number of amides is 1. The highest BCUT2D eigenvalue weighted by molar-refractivity contribution is 8.89. The van der Waals surface area contributed by atoms with Gasteiger partial charge in [-0.15, -0.1) is 0 Å². The number of pyridine rings is 1. The molecule has 1 N–H and O–H groups in total. The van der Waals surface area contributed by atoms with E-state index in [0.717, 1.165) is 6.29 Å². The molecule has 1 heterocycles. The van der Waals surface area contributed by atoms with E-state index in [0.29, 0.717) is 16.9 Å². The largest absolute Gasteiger partial charge is 0.324 e. The summed E-state index contributed by atoms with van der Waals surface area (Å²) in [6, 6.07) is 1.59. The maximum Gasteiger partial charge on any atom is 0.221 e. The second-order valence-electron chi connectivity index (χ2n) is 12.4. The van der Waals surface area contributed by atoms with Crippen LogP contribution >= 0.6 is 0 Å². The average Bonchev–Trinajstić information content (AvgIpc) is 0.810. The number of nitrogens with zero attached hydrogens (tertiary/aromatic N) is 1. The fourth-order valence-electron chi connectivity index (χ4n) is 2.72. The van der Waals surface area contributed by atoms with Crippen molar-refractivity contribution in [1.82, 2.24) is 4.98 Å². The first kappa shape index (κ1) is 156. The Labute approximate surface area is 1090 Å². The number of carbonyl (C=O) groups is 2. The number of aromatic nitrogens is 1. The molecule has 1 aromatic rings. The standard InChI is InChI=1S/C12H16N2O2.S116/c1-8(16)14-10-9(7-15)5-6-13-11(10)12(2,3)4;1-3-5-7-9-11-13-15-17-19-21-23-25-27-29-31-33-35-37-39-41-43-45-47-49-51-53-55-57-59-61-63-65-67-69-71-73-75-77-79-81-83-85-87-89-91-93-95-97-99-101-103-105-107-109-111-113-115-116-114-112-110-108-106-104-102-100-98-96-94-92-90-88-86-84-82-80-78-76-74-72-70-68-66-64-62-60-58-56-54-52-50-48-46-44-42-40-38-36-34-32-30-28-26-24-22-20-18-16-14-12-10-8-6-4-2/h5-7H,1-4H3,(H,14,16);. The maximum atomic E-state index is 11.1. The van der Waals surface area contributed by atoms with Gasteiger partial charge in [0.2, 0.25) is 5.91 Å². The predicted molar refractivity (Wildman–Crippen MR) is 917 cm³/mol. The van der Waals surface area contributed by atoms with Crippen LogP contribution in [0.25, 0.3) is 0 Å². The molecule has 0 radical (unpaired) electrons. The highest BCUT2D eigenvalue weighted by Gasteiger charge is 2.22. The fourth-order valence-corrected chi connectivity index (χ4v) is 310. The predicted octanol–water partition coefficient (Wildman–Crippen LogP) is 1.87. The molecule has 0 aliphatic carbocycles. The molecule has 782 valence electrons. The van der Waals surface area contributed by atoms with Gasteiger partial charge in [0.1, 0.15) is 0 Å². The van der Waals surface area contributed by atoms with Crippen molar-refractivity contribution in [2.24, 2.45) is 0 Å². The third-order valence-electron chi connectivity index (χ3n) is 5.26. The molecule has 0 saturated heterocycles. The Morgan fingerprint density at radius 3 is 0.386 bits per heavy atom. The molecule has 4 nitrogen and oxygen atoms in total. The lowest BCUT2D eigenvalue weighted by Crippen LogP contribution is -2.20. The molecule has 120 heteroatoms. The van der Waals surface area contributed by atoms with Crippen LogP contribution in [0.5, 0.6) is 0 Å². The molecule has 0 saturated carbocycles. The maximum absolute atomic E-state index is 11.1. The van der Waals surface area contributed by atoms with Gasteiger partial charge in [-0.3, -0.25) is 14.6 Å². The number of aldehydes is 1. The Morgan fingerprint density at radius 1 is 0.212 bits per heavy atom. The summed E-state index contributed by atoms with van der Waals surface area (Å²) in [6.45, 7) is 7.35. The van der Waals surface area contributed by atoms with Crippen LogP contribution in [0.3, 0.4) is 0 Å².